The minimum Gasteiger partial charge on any atom is -0.497 e. The van der Waals surface area contributed by atoms with Crippen LogP contribution in [0.2, 0.25) is 6.82 Å². The Morgan fingerprint density at radius 3 is 2.40 bits per heavy atom. The molecule has 4 rings (SSSR count). The molecule has 1 amide bonds. The van der Waals surface area contributed by atoms with Crippen LogP contribution < -0.4 is 15.5 Å². The molecule has 1 aromatic heterocycles. The van der Waals surface area contributed by atoms with Gasteiger partial charge in [0.15, 0.2) is 13.0 Å². The molecular weight excluding hydrogens is 725 g/mol. The number of aryl methyl sites for hydroxylation is 1. The number of carbonyl (C=O) groups is 1. The number of allylic oxidation sites excluding steroid dienone is 2. The Bertz CT molecular complexity index is 1280. The number of amides is 1. The number of rotatable bonds is 9. The number of benzene rings is 2. The molecule has 1 N–H and O–H groups in total. The molecule has 2 heterocycles. The number of methoxy groups -OCH3 is 1. The van der Waals surface area contributed by atoms with Gasteiger partial charge >= 0.3 is 31.1 Å². The first-order valence-corrected chi connectivity index (χ1v) is 12.6. The van der Waals surface area contributed by atoms with E-state index >= 15 is 0 Å². The predicted molar refractivity (Wildman–Crippen MR) is 161 cm³/mol. The van der Waals surface area contributed by atoms with Crippen LogP contribution in [-0.2, 0) is 4.79 Å². The maximum atomic E-state index is 12.7. The van der Waals surface area contributed by atoms with Gasteiger partial charge in [-0.1, -0.05) is 37.7 Å². The largest absolute Gasteiger partial charge is 3.00 e. The van der Waals surface area contributed by atoms with Crippen molar-refractivity contribution >= 4 is 36.3 Å². The van der Waals surface area contributed by atoms with E-state index in [0.29, 0.717) is 11.3 Å². The third-order valence-electron chi connectivity index (χ3n) is 6.24. The minimum atomic E-state index is -0.347. The zero-order chi connectivity index (χ0) is 27.5. The summed E-state index contributed by atoms with van der Waals surface area (Å²) in [4.78, 5) is 25.8. The third-order valence-corrected chi connectivity index (χ3v) is 6.24. The van der Waals surface area contributed by atoms with E-state index < -0.39 is 0 Å². The number of ether oxygens (including phenoxy) is 1. The molecule has 0 spiro atoms. The summed E-state index contributed by atoms with van der Waals surface area (Å²) in [5, 5.41) is 7.31. The van der Waals surface area contributed by atoms with Gasteiger partial charge in [0.25, 0.3) is 5.91 Å². The van der Waals surface area contributed by atoms with Crippen molar-refractivity contribution in [3.63, 3.8) is 0 Å². The second-order valence-corrected chi connectivity index (χ2v) is 8.80. The van der Waals surface area contributed by atoms with Crippen LogP contribution >= 0.6 is 0 Å². The fraction of sp³-hybridized carbons (Fsp3) is 0.258. The van der Waals surface area contributed by atoms with E-state index in [1.54, 1.807) is 54.5 Å². The van der Waals surface area contributed by atoms with E-state index in [1.807, 2.05) is 45.3 Å². The van der Waals surface area contributed by atoms with Crippen LogP contribution in [0.25, 0.3) is 5.70 Å². The standard InChI is InChI=1S/C24H22BN3O3.C6H12N.CH3.U/c1-5-6-22(18-9-12-23(31-4)20(14-18)25-3)28-16(2)13-21(27-28)24(30)26-19-10-7-17(15-29)8-11-19;1-2-7-5-3-4-6-7;;/h5-14H,1H2,2-4H3,(H,26,30);1-6H2;1H3;/q3*-1;+3/b22-6-;;;. The van der Waals surface area contributed by atoms with Gasteiger partial charge in [0.2, 0.25) is 0 Å². The van der Waals surface area contributed by atoms with E-state index in [4.69, 9.17) is 4.74 Å². The van der Waals surface area contributed by atoms with Crippen LogP contribution in [0, 0.1) is 52.4 Å². The van der Waals surface area contributed by atoms with Crippen LogP contribution in [0.4, 0.5) is 5.69 Å². The van der Waals surface area contributed by atoms with Crippen LogP contribution in [0.1, 0.15) is 40.2 Å². The number of nitrogens with one attached hydrogen (secondary N) is 1. The van der Waals surface area contributed by atoms with Gasteiger partial charge in [-0.25, -0.2) is 4.68 Å². The zero-order valence-corrected chi connectivity index (χ0v) is 28.0. The summed E-state index contributed by atoms with van der Waals surface area (Å²) in [5.41, 5.74) is 4.69. The fourth-order valence-electron chi connectivity index (χ4n) is 4.17. The number of anilines is 1. The van der Waals surface area contributed by atoms with Gasteiger partial charge < -0.3 is 34.1 Å². The van der Waals surface area contributed by atoms with Crippen molar-refractivity contribution in [1.29, 1.82) is 0 Å². The molecule has 9 heteroatoms. The zero-order valence-electron chi connectivity index (χ0n) is 23.9. The SMILES string of the molecule is C=C/C=C(/c1ccc(OC)c([B]C)c1)n1nc(C(=O)Nc2ccc([C-]=O)cc2)cc1C.[CH2-]CN1CCCC1.[CH3-].[U+3]. The van der Waals surface area contributed by atoms with Gasteiger partial charge in [0.1, 0.15) is 5.75 Å². The van der Waals surface area contributed by atoms with Crippen LogP contribution in [0.3, 0.4) is 0 Å². The number of hydrogen-bond acceptors (Lipinski definition) is 5. The summed E-state index contributed by atoms with van der Waals surface area (Å²) in [6, 6.07) is 14.0. The molecular formula is C31H37BN4O3U. The van der Waals surface area contributed by atoms with Crippen LogP contribution in [0.15, 0.2) is 67.3 Å². The molecule has 0 saturated carbocycles. The second-order valence-electron chi connectivity index (χ2n) is 8.80. The molecule has 2 radical (unpaired) electrons. The minimum absolute atomic E-state index is 0. The summed E-state index contributed by atoms with van der Waals surface area (Å²) in [6.07, 6.45) is 8.10. The topological polar surface area (TPSA) is 76.5 Å². The summed E-state index contributed by atoms with van der Waals surface area (Å²) in [5.74, 6) is 0.430. The number of carbonyl (C=O) groups excluding carboxylic acids is 2. The Labute approximate surface area is 263 Å². The molecule has 40 heavy (non-hydrogen) atoms. The number of hydrogen-bond donors (Lipinski definition) is 1. The normalized spacial score (nSPS) is 12.7. The molecule has 0 unspecified atom stereocenters. The fourth-order valence-corrected chi connectivity index (χ4v) is 4.17. The molecule has 3 aromatic rings. The van der Waals surface area contributed by atoms with Gasteiger partial charge in [-0.3, -0.25) is 4.79 Å². The third kappa shape index (κ3) is 9.37. The Morgan fingerprint density at radius 1 is 1.20 bits per heavy atom. The van der Waals surface area contributed by atoms with Crippen LogP contribution in [0.5, 0.6) is 5.75 Å². The monoisotopic (exact) mass is 762 g/mol. The van der Waals surface area contributed by atoms with Crippen molar-refractivity contribution in [2.75, 3.05) is 32.1 Å². The molecule has 2 aromatic carbocycles. The van der Waals surface area contributed by atoms with Crippen molar-refractivity contribution in [2.45, 2.75) is 26.6 Å². The van der Waals surface area contributed by atoms with Gasteiger partial charge in [-0.2, -0.15) is 22.8 Å². The summed E-state index contributed by atoms with van der Waals surface area (Å²) in [6.45, 7) is 15.0. The molecule has 0 aliphatic carbocycles. The van der Waals surface area contributed by atoms with Gasteiger partial charge in [-0.05, 0) is 68.2 Å². The molecule has 1 fully saturated rings. The van der Waals surface area contributed by atoms with E-state index in [2.05, 4.69) is 28.8 Å². The summed E-state index contributed by atoms with van der Waals surface area (Å²) in [7, 11) is 3.60. The Kier molecular flexibility index (Phi) is 15.6. The Morgan fingerprint density at radius 2 is 1.88 bits per heavy atom. The van der Waals surface area contributed by atoms with Gasteiger partial charge in [0, 0.05) is 11.4 Å². The van der Waals surface area contributed by atoms with Crippen LogP contribution in [-0.4, -0.2) is 60.9 Å². The molecule has 1 saturated heterocycles. The summed E-state index contributed by atoms with van der Waals surface area (Å²) >= 11 is 0. The maximum absolute atomic E-state index is 12.7. The molecule has 7 nitrogen and oxygen atoms in total. The van der Waals surface area contributed by atoms with Crippen molar-refractivity contribution < 1.29 is 45.4 Å². The molecule has 1 aliphatic rings. The first kappa shape index (κ1) is 35.2. The quantitative estimate of drug-likeness (QED) is 0.194. The molecule has 0 atom stereocenters. The Hall–Kier alpha value is -2.85. The maximum Gasteiger partial charge on any atom is 3.00 e. The van der Waals surface area contributed by atoms with E-state index in [-0.39, 0.29) is 50.1 Å². The summed E-state index contributed by atoms with van der Waals surface area (Å²) < 4.78 is 7.11. The molecule has 0 bridgehead atoms. The first-order chi connectivity index (χ1) is 18.4. The number of aromatic nitrogens is 2. The molecule has 206 valence electrons. The van der Waals surface area contributed by atoms with E-state index in [9.17, 15) is 9.59 Å². The van der Waals surface area contributed by atoms with Crippen molar-refractivity contribution in [1.82, 2.24) is 14.7 Å². The average Bonchev–Trinajstić information content (AvgIpc) is 3.62. The van der Waals surface area contributed by atoms with E-state index in [1.165, 1.54) is 25.9 Å². The second kappa shape index (κ2) is 17.8. The van der Waals surface area contributed by atoms with Crippen molar-refractivity contribution in [3.05, 3.63) is 104 Å². The van der Waals surface area contributed by atoms with E-state index in [0.717, 1.165) is 34.7 Å². The van der Waals surface area contributed by atoms with Gasteiger partial charge in [0.05, 0.1) is 19.1 Å². The average molecular weight is 763 g/mol. The number of likely N-dealkylation sites (tertiary alicyclic amines) is 1. The molecule has 1 aliphatic heterocycles. The van der Waals surface area contributed by atoms with Crippen molar-refractivity contribution in [2.24, 2.45) is 0 Å². The Balaban J connectivity index is 0.000000776. The van der Waals surface area contributed by atoms with Crippen molar-refractivity contribution in [3.8, 4) is 5.75 Å². The van der Waals surface area contributed by atoms with Gasteiger partial charge in [-0.15, -0.1) is 6.54 Å². The number of nitrogens with zero attached hydrogens (tertiary/aromatic N) is 3. The first-order valence-electron chi connectivity index (χ1n) is 12.6. The smallest absolute Gasteiger partial charge is 0.497 e. The predicted octanol–water partition coefficient (Wildman–Crippen LogP) is 4.73.